The number of ether oxygens (including phenoxy) is 1. The van der Waals surface area contributed by atoms with Gasteiger partial charge < -0.3 is 14.7 Å². The molecule has 2 fully saturated rings. The lowest BCUT2D eigenvalue weighted by atomic mass is 10.2. The molecule has 4 nitrogen and oxygen atoms in total. The fraction of sp³-hybridized carbons (Fsp3) is 1.00. The van der Waals surface area contributed by atoms with Gasteiger partial charge in [-0.1, -0.05) is 0 Å². The van der Waals surface area contributed by atoms with Crippen molar-refractivity contribution >= 4 is 0 Å². The monoisotopic (exact) mass is 214 g/mol. The van der Waals surface area contributed by atoms with Crippen LogP contribution in [-0.2, 0) is 4.74 Å². The van der Waals surface area contributed by atoms with Crippen LogP contribution < -0.4 is 0 Å². The van der Waals surface area contributed by atoms with Gasteiger partial charge in [-0.15, -0.1) is 0 Å². The first kappa shape index (κ1) is 11.3. The molecule has 0 bridgehead atoms. The summed E-state index contributed by atoms with van der Waals surface area (Å²) in [5.41, 5.74) is 0. The summed E-state index contributed by atoms with van der Waals surface area (Å²) >= 11 is 0. The number of likely N-dealkylation sites (N-methyl/N-ethyl adjacent to an activating group) is 1. The van der Waals surface area contributed by atoms with E-state index < -0.39 is 0 Å². The molecule has 2 heterocycles. The van der Waals surface area contributed by atoms with E-state index in [1.54, 1.807) is 0 Å². The van der Waals surface area contributed by atoms with Gasteiger partial charge in [-0.25, -0.2) is 0 Å². The van der Waals surface area contributed by atoms with Crippen LogP contribution in [0.3, 0.4) is 0 Å². The largest absolute Gasteiger partial charge is 0.395 e. The van der Waals surface area contributed by atoms with Gasteiger partial charge in [0.1, 0.15) is 0 Å². The smallest absolute Gasteiger partial charge is 0.0829 e. The highest BCUT2D eigenvalue weighted by Crippen LogP contribution is 2.18. The van der Waals surface area contributed by atoms with Gasteiger partial charge in [0, 0.05) is 25.7 Å². The quantitative estimate of drug-likeness (QED) is 0.704. The van der Waals surface area contributed by atoms with E-state index >= 15 is 0 Å². The van der Waals surface area contributed by atoms with Crippen molar-refractivity contribution in [3.8, 4) is 0 Å². The zero-order chi connectivity index (χ0) is 10.7. The lowest BCUT2D eigenvalue weighted by Gasteiger charge is -2.34. The highest BCUT2D eigenvalue weighted by atomic mass is 16.5. The van der Waals surface area contributed by atoms with Gasteiger partial charge in [-0.05, 0) is 26.4 Å². The maximum absolute atomic E-state index is 9.23. The third kappa shape index (κ3) is 2.91. The summed E-state index contributed by atoms with van der Waals surface area (Å²) in [5.74, 6) is 0. The Labute approximate surface area is 91.8 Å². The van der Waals surface area contributed by atoms with Crippen LogP contribution >= 0.6 is 0 Å². The Morgan fingerprint density at radius 3 is 3.00 bits per heavy atom. The molecule has 2 aliphatic rings. The van der Waals surface area contributed by atoms with E-state index in [1.807, 2.05) is 0 Å². The summed E-state index contributed by atoms with van der Waals surface area (Å²) in [4.78, 5) is 4.70. The Kier molecular flexibility index (Phi) is 3.97. The van der Waals surface area contributed by atoms with E-state index in [2.05, 4.69) is 16.8 Å². The molecule has 0 amide bonds. The number of nitrogens with zero attached hydrogens (tertiary/aromatic N) is 2. The van der Waals surface area contributed by atoms with Crippen LogP contribution in [0.25, 0.3) is 0 Å². The van der Waals surface area contributed by atoms with E-state index in [9.17, 15) is 5.11 Å². The highest BCUT2D eigenvalue weighted by molar-refractivity contribution is 4.82. The van der Waals surface area contributed by atoms with Crippen molar-refractivity contribution in [1.29, 1.82) is 0 Å². The van der Waals surface area contributed by atoms with Crippen LogP contribution in [0.15, 0.2) is 0 Å². The van der Waals surface area contributed by atoms with Gasteiger partial charge in [0.05, 0.1) is 19.3 Å². The standard InChI is InChI=1S/C11H22N2O2/c1-12-5-6-15-11(7-12)8-13-4-2-3-10(13)9-14/h10-11,14H,2-9H2,1H3/t10-,11?/m1/s1. The van der Waals surface area contributed by atoms with Crippen molar-refractivity contribution in [1.82, 2.24) is 9.80 Å². The minimum absolute atomic E-state index is 0.294. The molecule has 4 heteroatoms. The van der Waals surface area contributed by atoms with Crippen molar-refractivity contribution in [3.05, 3.63) is 0 Å². The zero-order valence-electron chi connectivity index (χ0n) is 9.56. The molecule has 15 heavy (non-hydrogen) atoms. The molecule has 0 radical (unpaired) electrons. The third-order valence-electron chi connectivity index (χ3n) is 3.49. The van der Waals surface area contributed by atoms with Crippen molar-refractivity contribution < 1.29 is 9.84 Å². The second-order valence-corrected chi connectivity index (χ2v) is 4.73. The Balaban J connectivity index is 1.80. The molecule has 0 spiro atoms. The Morgan fingerprint density at radius 2 is 2.27 bits per heavy atom. The Bertz CT molecular complexity index is 201. The molecule has 0 aliphatic carbocycles. The normalized spacial score (nSPS) is 34.8. The SMILES string of the molecule is CN1CCOC(CN2CCC[C@@H]2CO)C1. The molecular weight excluding hydrogens is 192 g/mol. The van der Waals surface area contributed by atoms with Gasteiger partial charge in [0.15, 0.2) is 0 Å². The van der Waals surface area contributed by atoms with Gasteiger partial charge in [-0.2, -0.15) is 0 Å². The fourth-order valence-electron chi connectivity index (χ4n) is 2.58. The Hall–Kier alpha value is -0.160. The number of likely N-dealkylation sites (tertiary alicyclic amines) is 1. The molecule has 2 aliphatic heterocycles. The van der Waals surface area contributed by atoms with Crippen LogP contribution in [-0.4, -0.2) is 73.5 Å². The van der Waals surface area contributed by atoms with Crippen LogP contribution in [0.1, 0.15) is 12.8 Å². The predicted molar refractivity (Wildman–Crippen MR) is 58.9 cm³/mol. The van der Waals surface area contributed by atoms with Crippen molar-refractivity contribution in [2.75, 3.05) is 46.4 Å². The number of rotatable bonds is 3. The van der Waals surface area contributed by atoms with E-state index in [0.717, 1.165) is 39.2 Å². The second kappa shape index (κ2) is 5.25. The van der Waals surface area contributed by atoms with Crippen LogP contribution in [0, 0.1) is 0 Å². The first-order valence-corrected chi connectivity index (χ1v) is 5.94. The molecule has 1 unspecified atom stereocenters. The van der Waals surface area contributed by atoms with E-state index in [4.69, 9.17) is 4.74 Å². The number of hydrogen-bond acceptors (Lipinski definition) is 4. The maximum Gasteiger partial charge on any atom is 0.0829 e. The summed E-state index contributed by atoms with van der Waals surface area (Å²) < 4.78 is 5.74. The van der Waals surface area contributed by atoms with Crippen molar-refractivity contribution in [3.63, 3.8) is 0 Å². The van der Waals surface area contributed by atoms with E-state index in [0.29, 0.717) is 18.8 Å². The van der Waals surface area contributed by atoms with Crippen LogP contribution in [0.5, 0.6) is 0 Å². The summed E-state index contributed by atoms with van der Waals surface area (Å²) in [5, 5.41) is 9.23. The summed E-state index contributed by atoms with van der Waals surface area (Å²) in [6.45, 7) is 5.31. The zero-order valence-corrected chi connectivity index (χ0v) is 9.56. The molecule has 2 saturated heterocycles. The highest BCUT2D eigenvalue weighted by Gasteiger charge is 2.28. The minimum atomic E-state index is 0.294. The van der Waals surface area contributed by atoms with Gasteiger partial charge in [0.25, 0.3) is 0 Å². The fourth-order valence-corrected chi connectivity index (χ4v) is 2.58. The number of hydrogen-bond donors (Lipinski definition) is 1. The summed E-state index contributed by atoms with van der Waals surface area (Å²) in [7, 11) is 2.14. The van der Waals surface area contributed by atoms with Crippen LogP contribution in [0.2, 0.25) is 0 Å². The van der Waals surface area contributed by atoms with Gasteiger partial charge in [-0.3, -0.25) is 4.90 Å². The third-order valence-corrected chi connectivity index (χ3v) is 3.49. The number of aliphatic hydroxyl groups is 1. The molecule has 1 N–H and O–H groups in total. The van der Waals surface area contributed by atoms with Crippen molar-refractivity contribution in [2.24, 2.45) is 0 Å². The molecule has 0 aromatic heterocycles. The van der Waals surface area contributed by atoms with Gasteiger partial charge >= 0.3 is 0 Å². The topological polar surface area (TPSA) is 35.9 Å². The summed E-state index contributed by atoms with van der Waals surface area (Å²) in [6.07, 6.45) is 2.68. The van der Waals surface area contributed by atoms with Crippen molar-refractivity contribution in [2.45, 2.75) is 25.0 Å². The predicted octanol–water partition coefficient (Wildman–Crippen LogP) is -0.226. The molecule has 88 valence electrons. The molecule has 0 aromatic rings. The second-order valence-electron chi connectivity index (χ2n) is 4.73. The minimum Gasteiger partial charge on any atom is -0.395 e. The average molecular weight is 214 g/mol. The summed E-state index contributed by atoms with van der Waals surface area (Å²) in [6, 6.07) is 0.376. The lowest BCUT2D eigenvalue weighted by Crippen LogP contribution is -2.47. The van der Waals surface area contributed by atoms with E-state index in [-0.39, 0.29) is 0 Å². The van der Waals surface area contributed by atoms with E-state index in [1.165, 1.54) is 6.42 Å². The molecular formula is C11H22N2O2. The first-order chi connectivity index (χ1) is 7.29. The molecule has 2 rings (SSSR count). The molecule has 2 atom stereocenters. The lowest BCUT2D eigenvalue weighted by molar-refractivity contribution is -0.0395. The van der Waals surface area contributed by atoms with Gasteiger partial charge in [0.2, 0.25) is 0 Å². The van der Waals surface area contributed by atoms with Crippen LogP contribution in [0.4, 0.5) is 0 Å². The average Bonchev–Trinajstić information content (AvgIpc) is 2.65. The maximum atomic E-state index is 9.23. The Morgan fingerprint density at radius 1 is 1.40 bits per heavy atom. The number of aliphatic hydroxyl groups excluding tert-OH is 1. The molecule has 0 aromatic carbocycles. The first-order valence-electron chi connectivity index (χ1n) is 5.94. The number of morpholine rings is 1. The molecule has 0 saturated carbocycles.